The minimum Gasteiger partial charge on any atom is -0.397 e. The first kappa shape index (κ1) is 14.6. The molecule has 1 aromatic carbocycles. The van der Waals surface area contributed by atoms with Crippen molar-refractivity contribution in [2.45, 2.75) is 31.6 Å². The van der Waals surface area contributed by atoms with Gasteiger partial charge in [-0.25, -0.2) is 8.42 Å². The molecule has 2 N–H and O–H groups in total. The van der Waals surface area contributed by atoms with E-state index < -0.39 is 10.0 Å². The quantitative estimate of drug-likeness (QED) is 0.854. The molecular weight excluding hydrogens is 284 g/mol. The third-order valence-corrected chi connectivity index (χ3v) is 5.66. The van der Waals surface area contributed by atoms with E-state index in [2.05, 4.69) is 13.8 Å². The Kier molecular flexibility index (Phi) is 3.82. The molecule has 1 aliphatic heterocycles. The highest BCUT2D eigenvalue weighted by Crippen LogP contribution is 2.32. The van der Waals surface area contributed by atoms with Gasteiger partial charge in [-0.2, -0.15) is 4.31 Å². The van der Waals surface area contributed by atoms with Crippen LogP contribution in [0, 0.1) is 5.41 Å². The molecule has 0 amide bonds. The summed E-state index contributed by atoms with van der Waals surface area (Å²) >= 11 is 5.83. The lowest BCUT2D eigenvalue weighted by atomic mass is 9.85. The van der Waals surface area contributed by atoms with Gasteiger partial charge in [0.1, 0.15) is 0 Å². The predicted molar refractivity (Wildman–Crippen MR) is 77.6 cm³/mol. The number of hydrogen-bond donors (Lipinski definition) is 1. The summed E-state index contributed by atoms with van der Waals surface area (Å²) in [7, 11) is -3.48. The van der Waals surface area contributed by atoms with Crippen LogP contribution >= 0.6 is 11.6 Å². The number of nitrogens with zero attached hydrogens (tertiary/aromatic N) is 1. The monoisotopic (exact) mass is 302 g/mol. The van der Waals surface area contributed by atoms with Crippen LogP contribution in [-0.4, -0.2) is 25.8 Å². The fourth-order valence-electron chi connectivity index (χ4n) is 2.41. The first-order valence-electron chi connectivity index (χ1n) is 6.28. The van der Waals surface area contributed by atoms with Crippen molar-refractivity contribution in [2.75, 3.05) is 18.8 Å². The van der Waals surface area contributed by atoms with Gasteiger partial charge in [0, 0.05) is 13.1 Å². The molecule has 106 valence electrons. The van der Waals surface area contributed by atoms with E-state index in [0.717, 1.165) is 12.8 Å². The van der Waals surface area contributed by atoms with Crippen LogP contribution in [0.5, 0.6) is 0 Å². The summed E-state index contributed by atoms with van der Waals surface area (Å²) < 4.78 is 26.7. The minimum absolute atomic E-state index is 0.0172. The molecule has 2 rings (SSSR count). The number of nitrogens with two attached hydrogens (primary N) is 1. The van der Waals surface area contributed by atoms with Gasteiger partial charge in [0.25, 0.3) is 0 Å². The molecule has 1 aliphatic rings. The largest absolute Gasteiger partial charge is 0.397 e. The lowest BCUT2D eigenvalue weighted by Gasteiger charge is -2.37. The highest BCUT2D eigenvalue weighted by Gasteiger charge is 2.34. The number of nitrogen functional groups attached to an aromatic ring is 1. The highest BCUT2D eigenvalue weighted by molar-refractivity contribution is 7.89. The van der Waals surface area contributed by atoms with Gasteiger partial charge in [-0.3, -0.25) is 0 Å². The molecule has 1 fully saturated rings. The second-order valence-corrected chi connectivity index (χ2v) is 8.13. The van der Waals surface area contributed by atoms with Gasteiger partial charge in [-0.1, -0.05) is 25.4 Å². The van der Waals surface area contributed by atoms with Gasteiger partial charge < -0.3 is 5.73 Å². The molecule has 0 saturated carbocycles. The molecule has 0 atom stereocenters. The summed E-state index contributed by atoms with van der Waals surface area (Å²) in [5.41, 5.74) is 5.99. The summed E-state index contributed by atoms with van der Waals surface area (Å²) in [6.45, 7) is 5.28. The summed E-state index contributed by atoms with van der Waals surface area (Å²) in [5.74, 6) is 0. The van der Waals surface area contributed by atoms with Gasteiger partial charge >= 0.3 is 0 Å². The molecule has 1 heterocycles. The zero-order valence-electron chi connectivity index (χ0n) is 11.2. The molecule has 6 heteroatoms. The van der Waals surface area contributed by atoms with Crippen LogP contribution in [0.25, 0.3) is 0 Å². The van der Waals surface area contributed by atoms with Gasteiger partial charge in [0.2, 0.25) is 10.0 Å². The molecule has 1 saturated heterocycles. The Labute approximate surface area is 119 Å². The van der Waals surface area contributed by atoms with Crippen LogP contribution in [0.1, 0.15) is 26.7 Å². The fraction of sp³-hybridized carbons (Fsp3) is 0.538. The zero-order chi connectivity index (χ0) is 14.3. The molecule has 4 nitrogen and oxygen atoms in total. The third-order valence-electron chi connectivity index (χ3n) is 3.47. The smallest absolute Gasteiger partial charge is 0.243 e. The molecule has 1 aromatic rings. The number of sulfonamides is 1. The maximum atomic E-state index is 12.6. The van der Waals surface area contributed by atoms with Crippen molar-refractivity contribution in [2.24, 2.45) is 5.41 Å². The van der Waals surface area contributed by atoms with E-state index in [1.165, 1.54) is 18.2 Å². The van der Waals surface area contributed by atoms with Gasteiger partial charge in [-0.15, -0.1) is 0 Å². The highest BCUT2D eigenvalue weighted by atomic mass is 35.5. The Morgan fingerprint density at radius 3 is 2.63 bits per heavy atom. The van der Waals surface area contributed by atoms with Crippen LogP contribution in [0.3, 0.4) is 0 Å². The molecule has 19 heavy (non-hydrogen) atoms. The minimum atomic E-state index is -3.48. The zero-order valence-corrected chi connectivity index (χ0v) is 12.8. The van der Waals surface area contributed by atoms with Crippen LogP contribution in [0.15, 0.2) is 23.1 Å². The first-order valence-corrected chi connectivity index (χ1v) is 8.09. The van der Waals surface area contributed by atoms with Crippen molar-refractivity contribution in [1.29, 1.82) is 0 Å². The summed E-state index contributed by atoms with van der Waals surface area (Å²) in [4.78, 5) is 0.215. The van der Waals surface area contributed by atoms with Crippen molar-refractivity contribution >= 4 is 27.3 Å². The number of anilines is 1. The number of benzene rings is 1. The molecule has 0 unspecified atom stereocenters. The lowest BCUT2D eigenvalue weighted by Crippen LogP contribution is -2.43. The Bertz CT molecular complexity index is 584. The Morgan fingerprint density at radius 2 is 2.05 bits per heavy atom. The lowest BCUT2D eigenvalue weighted by molar-refractivity contribution is 0.187. The Balaban J connectivity index is 2.34. The molecule has 0 bridgehead atoms. The van der Waals surface area contributed by atoms with Crippen LogP contribution in [0.4, 0.5) is 5.69 Å². The van der Waals surface area contributed by atoms with Crippen molar-refractivity contribution < 1.29 is 8.42 Å². The number of hydrogen-bond acceptors (Lipinski definition) is 3. The molecule has 0 spiro atoms. The fourth-order valence-corrected chi connectivity index (χ4v) is 4.23. The van der Waals surface area contributed by atoms with Crippen LogP contribution < -0.4 is 5.73 Å². The molecular formula is C13H19ClN2O2S. The predicted octanol–water partition coefficient (Wildman–Crippen LogP) is 2.73. The first-order chi connectivity index (χ1) is 8.72. The van der Waals surface area contributed by atoms with E-state index in [1.807, 2.05) is 0 Å². The number of halogens is 1. The second kappa shape index (κ2) is 4.96. The van der Waals surface area contributed by atoms with Crippen LogP contribution in [-0.2, 0) is 10.0 Å². The SMILES string of the molecule is CC1(C)CCCN(S(=O)(=O)c2ccc(Cl)c(N)c2)C1. The van der Waals surface area contributed by atoms with Gasteiger partial charge in [0.05, 0.1) is 15.6 Å². The van der Waals surface area contributed by atoms with E-state index >= 15 is 0 Å². The van der Waals surface area contributed by atoms with E-state index in [4.69, 9.17) is 17.3 Å². The van der Waals surface area contributed by atoms with Gasteiger partial charge in [-0.05, 0) is 36.5 Å². The summed E-state index contributed by atoms with van der Waals surface area (Å²) in [6.07, 6.45) is 1.93. The standard InChI is InChI=1S/C13H19ClN2O2S/c1-13(2)6-3-7-16(9-13)19(17,18)10-4-5-11(14)12(15)8-10/h4-5,8H,3,6-7,9,15H2,1-2H3. The van der Waals surface area contributed by atoms with Gasteiger partial charge in [0.15, 0.2) is 0 Å². The normalized spacial score (nSPS) is 20.4. The molecule has 0 radical (unpaired) electrons. The Hall–Kier alpha value is -0.780. The Morgan fingerprint density at radius 1 is 1.37 bits per heavy atom. The topological polar surface area (TPSA) is 63.4 Å². The molecule has 0 aliphatic carbocycles. The van der Waals surface area contributed by atoms with Crippen molar-refractivity contribution in [3.8, 4) is 0 Å². The summed E-state index contributed by atoms with van der Waals surface area (Å²) in [6, 6.07) is 4.47. The van der Waals surface area contributed by atoms with E-state index in [1.54, 1.807) is 4.31 Å². The number of piperidine rings is 1. The second-order valence-electron chi connectivity index (χ2n) is 5.79. The van der Waals surface area contributed by atoms with Crippen molar-refractivity contribution in [3.05, 3.63) is 23.2 Å². The summed E-state index contributed by atoms with van der Waals surface area (Å²) in [5, 5.41) is 0.373. The number of rotatable bonds is 2. The van der Waals surface area contributed by atoms with E-state index in [9.17, 15) is 8.42 Å². The molecule has 0 aromatic heterocycles. The maximum Gasteiger partial charge on any atom is 0.243 e. The van der Waals surface area contributed by atoms with Crippen LogP contribution in [0.2, 0.25) is 5.02 Å². The van der Waals surface area contributed by atoms with Crippen molar-refractivity contribution in [3.63, 3.8) is 0 Å². The average molecular weight is 303 g/mol. The third kappa shape index (κ3) is 3.04. The van der Waals surface area contributed by atoms with E-state index in [0.29, 0.717) is 23.8 Å². The van der Waals surface area contributed by atoms with E-state index in [-0.39, 0.29) is 10.3 Å². The maximum absolute atomic E-state index is 12.6. The average Bonchev–Trinajstić information content (AvgIpc) is 2.31. The van der Waals surface area contributed by atoms with Crippen molar-refractivity contribution in [1.82, 2.24) is 4.31 Å².